The van der Waals surface area contributed by atoms with Gasteiger partial charge in [-0.15, -0.1) is 0 Å². The number of allylic oxidation sites excluding steroid dienone is 1. The number of rotatable bonds is 5. The van der Waals surface area contributed by atoms with E-state index in [9.17, 15) is 13.2 Å². The SMILES string of the molecule is C=C(Cl)N=C1/C(=C\C)NC(=NCc2ccc3c(c2)CCS3(=O)=O)C(=O)N1C(C)C1CC1. The first-order chi connectivity index (χ1) is 14.7. The number of hydrogen-bond donors (Lipinski definition) is 1. The number of carbonyl (C=O) groups is 1. The van der Waals surface area contributed by atoms with E-state index in [1.807, 2.05) is 26.0 Å². The molecule has 2 heterocycles. The lowest BCUT2D eigenvalue weighted by Gasteiger charge is -2.36. The highest BCUT2D eigenvalue weighted by Crippen LogP contribution is 2.36. The Labute approximate surface area is 187 Å². The van der Waals surface area contributed by atoms with Crippen molar-refractivity contribution in [1.29, 1.82) is 0 Å². The van der Waals surface area contributed by atoms with Gasteiger partial charge in [-0.05, 0) is 56.2 Å². The van der Waals surface area contributed by atoms with Crippen LogP contribution < -0.4 is 5.32 Å². The minimum absolute atomic E-state index is 0.0327. The number of amidine groups is 2. The minimum Gasteiger partial charge on any atom is -0.333 e. The Balaban J connectivity index is 1.63. The zero-order valence-corrected chi connectivity index (χ0v) is 19.1. The number of aliphatic imine (C=N–C) groups is 2. The second-order valence-electron chi connectivity index (χ2n) is 8.07. The number of halogens is 1. The van der Waals surface area contributed by atoms with Gasteiger partial charge in [0.2, 0.25) is 0 Å². The van der Waals surface area contributed by atoms with E-state index in [1.54, 1.807) is 17.0 Å². The molecule has 2 fully saturated rings. The van der Waals surface area contributed by atoms with Crippen molar-refractivity contribution in [2.45, 2.75) is 50.6 Å². The van der Waals surface area contributed by atoms with Crippen LogP contribution in [0.25, 0.3) is 0 Å². The van der Waals surface area contributed by atoms with E-state index in [0.29, 0.717) is 28.8 Å². The van der Waals surface area contributed by atoms with Gasteiger partial charge >= 0.3 is 0 Å². The molecule has 31 heavy (non-hydrogen) atoms. The largest absolute Gasteiger partial charge is 0.333 e. The van der Waals surface area contributed by atoms with Gasteiger partial charge in [-0.1, -0.05) is 36.4 Å². The fourth-order valence-corrected chi connectivity index (χ4v) is 5.66. The average molecular weight is 461 g/mol. The van der Waals surface area contributed by atoms with Gasteiger partial charge < -0.3 is 5.32 Å². The van der Waals surface area contributed by atoms with Crippen LogP contribution in [-0.4, -0.2) is 42.7 Å². The summed E-state index contributed by atoms with van der Waals surface area (Å²) in [4.78, 5) is 24.2. The van der Waals surface area contributed by atoms with E-state index in [-0.39, 0.29) is 35.2 Å². The lowest BCUT2D eigenvalue weighted by atomic mass is 10.1. The van der Waals surface area contributed by atoms with Crippen LogP contribution >= 0.6 is 11.6 Å². The molecule has 7 nitrogen and oxygen atoms in total. The molecule has 0 bridgehead atoms. The molecule has 0 spiro atoms. The Morgan fingerprint density at radius 2 is 2.16 bits per heavy atom. The molecule has 164 valence electrons. The van der Waals surface area contributed by atoms with Crippen LogP contribution in [0.1, 0.15) is 37.8 Å². The molecule has 1 saturated heterocycles. The van der Waals surface area contributed by atoms with E-state index in [1.165, 1.54) is 0 Å². The molecule has 1 N–H and O–H groups in total. The number of nitrogens with one attached hydrogen (secondary N) is 1. The van der Waals surface area contributed by atoms with Crippen molar-refractivity contribution in [3.05, 3.63) is 52.8 Å². The van der Waals surface area contributed by atoms with Crippen molar-refractivity contribution < 1.29 is 13.2 Å². The maximum atomic E-state index is 13.3. The highest BCUT2D eigenvalue weighted by molar-refractivity contribution is 7.91. The fourth-order valence-electron chi connectivity index (χ4n) is 4.04. The first-order valence-electron chi connectivity index (χ1n) is 10.3. The summed E-state index contributed by atoms with van der Waals surface area (Å²) in [5.41, 5.74) is 2.32. The summed E-state index contributed by atoms with van der Waals surface area (Å²) >= 11 is 5.94. The van der Waals surface area contributed by atoms with E-state index in [0.717, 1.165) is 24.0 Å². The lowest BCUT2D eigenvalue weighted by molar-refractivity contribution is -0.122. The number of benzene rings is 1. The summed E-state index contributed by atoms with van der Waals surface area (Å²) < 4.78 is 24.1. The summed E-state index contributed by atoms with van der Waals surface area (Å²) in [7, 11) is -3.16. The van der Waals surface area contributed by atoms with Gasteiger partial charge in [0.25, 0.3) is 5.91 Å². The van der Waals surface area contributed by atoms with Crippen molar-refractivity contribution in [3.8, 4) is 0 Å². The van der Waals surface area contributed by atoms with Crippen molar-refractivity contribution in [2.24, 2.45) is 15.9 Å². The Morgan fingerprint density at radius 3 is 2.81 bits per heavy atom. The molecule has 1 atom stereocenters. The molecule has 1 aromatic carbocycles. The van der Waals surface area contributed by atoms with Crippen LogP contribution in [0, 0.1) is 5.92 Å². The van der Waals surface area contributed by atoms with Gasteiger partial charge in [0.15, 0.2) is 21.5 Å². The summed E-state index contributed by atoms with van der Waals surface area (Å²) in [6.07, 6.45) is 4.48. The van der Waals surface area contributed by atoms with Gasteiger partial charge in [0.05, 0.1) is 22.9 Å². The maximum Gasteiger partial charge on any atom is 0.295 e. The molecular formula is C22H25ClN4O3S. The third-order valence-corrected chi connectivity index (χ3v) is 7.79. The zero-order chi connectivity index (χ0) is 22.3. The highest BCUT2D eigenvalue weighted by atomic mass is 35.5. The van der Waals surface area contributed by atoms with Crippen LogP contribution in [0.2, 0.25) is 0 Å². The first kappa shape index (κ1) is 21.8. The first-order valence-corrected chi connectivity index (χ1v) is 12.3. The van der Waals surface area contributed by atoms with Crippen LogP contribution in [0.3, 0.4) is 0 Å². The van der Waals surface area contributed by atoms with Crippen molar-refractivity contribution in [3.63, 3.8) is 0 Å². The Kier molecular flexibility index (Phi) is 5.79. The summed E-state index contributed by atoms with van der Waals surface area (Å²) in [6.45, 7) is 7.77. The Morgan fingerprint density at radius 1 is 1.42 bits per heavy atom. The standard InChI is InChI=1S/C22H25ClN4O3S/c1-4-18-21(25-14(3)23)27(13(2)16-6-7-16)22(28)20(26-18)24-12-15-5-8-19-17(11-15)9-10-31(19,29)30/h4-5,8,11,13,16H,3,6-7,9-10,12H2,1-2H3,(H,24,26)/b18-4+,25-21?. The molecule has 3 aliphatic rings. The molecule has 1 aliphatic carbocycles. The predicted molar refractivity (Wildman–Crippen MR) is 122 cm³/mol. The van der Waals surface area contributed by atoms with Gasteiger partial charge in [0, 0.05) is 6.04 Å². The van der Waals surface area contributed by atoms with E-state index in [4.69, 9.17) is 11.6 Å². The topological polar surface area (TPSA) is 91.2 Å². The molecule has 1 saturated carbocycles. The summed E-state index contributed by atoms with van der Waals surface area (Å²) in [5.74, 6) is 0.994. The number of piperazine rings is 1. The molecular weight excluding hydrogens is 436 g/mol. The number of hydrogen-bond acceptors (Lipinski definition) is 5. The molecule has 1 aromatic rings. The Hall–Kier alpha value is -2.45. The molecule has 0 aromatic heterocycles. The smallest absolute Gasteiger partial charge is 0.295 e. The van der Waals surface area contributed by atoms with Crippen LogP contribution in [-0.2, 0) is 27.6 Å². The molecule has 2 aliphatic heterocycles. The second kappa shape index (κ2) is 8.24. The van der Waals surface area contributed by atoms with Gasteiger partial charge in [-0.2, -0.15) is 0 Å². The summed E-state index contributed by atoms with van der Waals surface area (Å²) in [5, 5.41) is 3.18. The molecule has 0 radical (unpaired) electrons. The molecule has 1 amide bonds. The van der Waals surface area contributed by atoms with Crippen molar-refractivity contribution in [1.82, 2.24) is 10.2 Å². The third kappa shape index (κ3) is 4.32. The lowest BCUT2D eigenvalue weighted by Crippen LogP contribution is -2.57. The minimum atomic E-state index is -3.16. The number of nitrogens with zero attached hydrogens (tertiary/aromatic N) is 3. The van der Waals surface area contributed by atoms with E-state index >= 15 is 0 Å². The van der Waals surface area contributed by atoms with E-state index < -0.39 is 9.84 Å². The quantitative estimate of drug-likeness (QED) is 0.683. The Bertz CT molecular complexity index is 1150. The van der Waals surface area contributed by atoms with Gasteiger partial charge in [-0.25, -0.2) is 13.4 Å². The van der Waals surface area contributed by atoms with Gasteiger partial charge in [0.1, 0.15) is 5.16 Å². The van der Waals surface area contributed by atoms with Crippen molar-refractivity contribution in [2.75, 3.05) is 5.75 Å². The molecule has 9 heteroatoms. The van der Waals surface area contributed by atoms with Crippen LogP contribution in [0.5, 0.6) is 0 Å². The summed E-state index contributed by atoms with van der Waals surface area (Å²) in [6, 6.07) is 5.22. The highest BCUT2D eigenvalue weighted by Gasteiger charge is 2.42. The average Bonchev–Trinajstić information content (AvgIpc) is 3.52. The zero-order valence-electron chi connectivity index (χ0n) is 17.6. The number of aryl methyl sites for hydroxylation is 1. The van der Waals surface area contributed by atoms with Gasteiger partial charge in [-0.3, -0.25) is 14.7 Å². The molecule has 1 unspecified atom stereocenters. The van der Waals surface area contributed by atoms with E-state index in [2.05, 4.69) is 21.9 Å². The second-order valence-corrected chi connectivity index (χ2v) is 10.6. The van der Waals surface area contributed by atoms with Crippen LogP contribution in [0.15, 0.2) is 56.6 Å². The van der Waals surface area contributed by atoms with Crippen LogP contribution in [0.4, 0.5) is 0 Å². The number of fused-ring (bicyclic) bond motifs is 1. The predicted octanol–water partition coefficient (Wildman–Crippen LogP) is 3.16. The normalized spacial score (nSPS) is 25.1. The third-order valence-electron chi connectivity index (χ3n) is 5.89. The molecule has 4 rings (SSSR count). The maximum absolute atomic E-state index is 13.3. The number of sulfone groups is 1. The monoisotopic (exact) mass is 460 g/mol. The number of carbonyl (C=O) groups excluding carboxylic acids is 1. The van der Waals surface area contributed by atoms with Crippen molar-refractivity contribution >= 4 is 39.0 Å². The number of amides is 1. The fraction of sp³-hybridized carbons (Fsp3) is 0.409.